The van der Waals surface area contributed by atoms with Crippen LogP contribution in [0.15, 0.2) is 30.3 Å². The van der Waals surface area contributed by atoms with Gasteiger partial charge in [0.05, 0.1) is 0 Å². The third kappa shape index (κ3) is 3.51. The Hall–Kier alpha value is -0.820. The average Bonchev–Trinajstić information content (AvgIpc) is 2.26. The molecular weight excluding hydrogens is 170 g/mol. The summed E-state index contributed by atoms with van der Waals surface area (Å²) in [6.45, 7) is 7.84. The first-order valence-electron chi connectivity index (χ1n) is 5.52. The predicted octanol–water partition coefficient (Wildman–Crippen LogP) is 3.38. The van der Waals surface area contributed by atoms with Crippen molar-refractivity contribution < 1.29 is 0 Å². The fraction of sp³-hybridized carbons (Fsp3) is 0.538. The number of rotatable bonds is 5. The predicted molar refractivity (Wildman–Crippen MR) is 62.3 cm³/mol. The number of hydrogen-bond donors (Lipinski definition) is 1. The highest BCUT2D eigenvalue weighted by Gasteiger charge is 2.05. The molecule has 0 radical (unpaired) electrons. The van der Waals surface area contributed by atoms with Gasteiger partial charge in [0.2, 0.25) is 0 Å². The molecule has 1 N–H and O–H groups in total. The average molecular weight is 191 g/mol. The van der Waals surface area contributed by atoms with Crippen LogP contribution in [0.5, 0.6) is 0 Å². The molecule has 1 unspecified atom stereocenters. The van der Waals surface area contributed by atoms with Crippen LogP contribution in [0.25, 0.3) is 0 Å². The maximum Gasteiger partial charge on any atom is 0.0291 e. The Bertz CT molecular complexity index is 243. The Morgan fingerprint density at radius 3 is 2.36 bits per heavy atom. The molecule has 1 aromatic carbocycles. The lowest BCUT2D eigenvalue weighted by Gasteiger charge is -2.16. The molecule has 0 fully saturated rings. The molecule has 1 aromatic rings. The van der Waals surface area contributed by atoms with E-state index in [0.717, 1.165) is 12.5 Å². The van der Waals surface area contributed by atoms with Gasteiger partial charge in [-0.2, -0.15) is 0 Å². The van der Waals surface area contributed by atoms with Crippen molar-refractivity contribution in [3.8, 4) is 0 Å². The van der Waals surface area contributed by atoms with Crippen molar-refractivity contribution in [2.24, 2.45) is 5.92 Å². The molecule has 0 heterocycles. The fourth-order valence-corrected chi connectivity index (χ4v) is 1.38. The second-order valence-corrected chi connectivity index (χ2v) is 4.05. The molecule has 0 aromatic heterocycles. The van der Waals surface area contributed by atoms with E-state index in [2.05, 4.69) is 56.4 Å². The lowest BCUT2D eigenvalue weighted by molar-refractivity contribution is 0.461. The van der Waals surface area contributed by atoms with E-state index < -0.39 is 0 Å². The van der Waals surface area contributed by atoms with Crippen molar-refractivity contribution in [3.63, 3.8) is 0 Å². The van der Waals surface area contributed by atoms with Crippen molar-refractivity contribution in [2.45, 2.75) is 33.2 Å². The largest absolute Gasteiger partial charge is 0.310 e. The van der Waals surface area contributed by atoms with E-state index in [1.54, 1.807) is 0 Å². The summed E-state index contributed by atoms with van der Waals surface area (Å²) in [7, 11) is 0. The van der Waals surface area contributed by atoms with Crippen LogP contribution in [0.4, 0.5) is 0 Å². The summed E-state index contributed by atoms with van der Waals surface area (Å²) < 4.78 is 0. The summed E-state index contributed by atoms with van der Waals surface area (Å²) >= 11 is 0. The fourth-order valence-electron chi connectivity index (χ4n) is 1.38. The zero-order chi connectivity index (χ0) is 10.4. The third-order valence-electron chi connectivity index (χ3n) is 2.77. The van der Waals surface area contributed by atoms with Gasteiger partial charge in [-0.15, -0.1) is 0 Å². The third-order valence-corrected chi connectivity index (χ3v) is 2.77. The topological polar surface area (TPSA) is 12.0 Å². The minimum atomic E-state index is 0.463. The van der Waals surface area contributed by atoms with Gasteiger partial charge < -0.3 is 5.32 Å². The van der Waals surface area contributed by atoms with E-state index in [4.69, 9.17) is 0 Å². The smallest absolute Gasteiger partial charge is 0.0291 e. The molecule has 2 atom stereocenters. The van der Waals surface area contributed by atoms with Crippen molar-refractivity contribution in [3.05, 3.63) is 35.9 Å². The highest BCUT2D eigenvalue weighted by molar-refractivity contribution is 5.17. The van der Waals surface area contributed by atoms with Crippen molar-refractivity contribution in [2.75, 3.05) is 6.54 Å². The second-order valence-electron chi connectivity index (χ2n) is 4.05. The first-order chi connectivity index (χ1) is 6.74. The monoisotopic (exact) mass is 191 g/mol. The first-order valence-corrected chi connectivity index (χ1v) is 5.52. The molecule has 1 rings (SSSR count). The van der Waals surface area contributed by atoms with E-state index in [1.165, 1.54) is 12.0 Å². The van der Waals surface area contributed by atoms with Crippen LogP contribution in [0, 0.1) is 5.92 Å². The minimum absolute atomic E-state index is 0.463. The molecule has 1 heteroatoms. The van der Waals surface area contributed by atoms with Gasteiger partial charge in [0, 0.05) is 6.04 Å². The highest BCUT2D eigenvalue weighted by atomic mass is 14.9. The van der Waals surface area contributed by atoms with Gasteiger partial charge in [0.1, 0.15) is 0 Å². The highest BCUT2D eigenvalue weighted by Crippen LogP contribution is 2.11. The van der Waals surface area contributed by atoms with E-state index in [0.29, 0.717) is 6.04 Å². The van der Waals surface area contributed by atoms with E-state index in [-0.39, 0.29) is 0 Å². The lowest BCUT2D eigenvalue weighted by Crippen LogP contribution is -2.24. The van der Waals surface area contributed by atoms with Gasteiger partial charge in [-0.3, -0.25) is 0 Å². The summed E-state index contributed by atoms with van der Waals surface area (Å²) in [6.07, 6.45) is 1.24. The zero-order valence-corrected chi connectivity index (χ0v) is 9.46. The van der Waals surface area contributed by atoms with Gasteiger partial charge in [-0.1, -0.05) is 50.6 Å². The maximum absolute atomic E-state index is 3.55. The van der Waals surface area contributed by atoms with Crippen LogP contribution < -0.4 is 5.32 Å². The molecule has 0 aliphatic heterocycles. The molecule has 0 saturated heterocycles. The van der Waals surface area contributed by atoms with E-state index >= 15 is 0 Å². The summed E-state index contributed by atoms with van der Waals surface area (Å²) in [5.74, 6) is 0.765. The molecule has 1 nitrogen and oxygen atoms in total. The van der Waals surface area contributed by atoms with Crippen molar-refractivity contribution in [1.29, 1.82) is 0 Å². The molecule has 78 valence electrons. The van der Waals surface area contributed by atoms with Gasteiger partial charge >= 0.3 is 0 Å². The van der Waals surface area contributed by atoms with Crippen LogP contribution in [0.2, 0.25) is 0 Å². The van der Waals surface area contributed by atoms with Crippen molar-refractivity contribution in [1.82, 2.24) is 5.32 Å². The SMILES string of the molecule is CCC(C)CN[C@H](C)c1ccccc1. The Morgan fingerprint density at radius 1 is 1.14 bits per heavy atom. The molecule has 0 spiro atoms. The molecule has 0 amide bonds. The molecule has 14 heavy (non-hydrogen) atoms. The first kappa shape index (κ1) is 11.3. The summed E-state index contributed by atoms with van der Waals surface area (Å²) in [6, 6.07) is 11.1. The Labute approximate surface area is 87.5 Å². The molecule has 0 aliphatic carbocycles. The Kier molecular flexibility index (Phi) is 4.68. The van der Waals surface area contributed by atoms with Crippen LogP contribution in [-0.2, 0) is 0 Å². The van der Waals surface area contributed by atoms with E-state index in [1.807, 2.05) is 0 Å². The van der Waals surface area contributed by atoms with Gasteiger partial charge in [0.15, 0.2) is 0 Å². The van der Waals surface area contributed by atoms with Crippen LogP contribution in [0.1, 0.15) is 38.8 Å². The lowest BCUT2D eigenvalue weighted by atomic mass is 10.1. The molecule has 0 bridgehead atoms. The Morgan fingerprint density at radius 2 is 1.79 bits per heavy atom. The quantitative estimate of drug-likeness (QED) is 0.752. The summed E-state index contributed by atoms with van der Waals surface area (Å²) in [4.78, 5) is 0. The van der Waals surface area contributed by atoms with Gasteiger partial charge in [-0.05, 0) is 24.9 Å². The van der Waals surface area contributed by atoms with Crippen LogP contribution in [-0.4, -0.2) is 6.54 Å². The van der Waals surface area contributed by atoms with Crippen LogP contribution in [0.3, 0.4) is 0 Å². The van der Waals surface area contributed by atoms with Crippen LogP contribution >= 0.6 is 0 Å². The molecular formula is C13H21N. The number of nitrogens with one attached hydrogen (secondary N) is 1. The van der Waals surface area contributed by atoms with Gasteiger partial charge in [-0.25, -0.2) is 0 Å². The number of hydrogen-bond acceptors (Lipinski definition) is 1. The molecule has 0 aliphatic rings. The normalized spacial score (nSPS) is 15.1. The zero-order valence-electron chi connectivity index (χ0n) is 9.46. The minimum Gasteiger partial charge on any atom is -0.310 e. The van der Waals surface area contributed by atoms with E-state index in [9.17, 15) is 0 Å². The van der Waals surface area contributed by atoms with Crippen molar-refractivity contribution >= 4 is 0 Å². The standard InChI is InChI=1S/C13H21N/c1-4-11(2)10-14-12(3)13-8-6-5-7-9-13/h5-9,11-12,14H,4,10H2,1-3H3/t11?,12-/m1/s1. The summed E-state index contributed by atoms with van der Waals surface area (Å²) in [5, 5.41) is 3.55. The summed E-state index contributed by atoms with van der Waals surface area (Å²) in [5.41, 5.74) is 1.37. The maximum atomic E-state index is 3.55. The van der Waals surface area contributed by atoms with Gasteiger partial charge in [0.25, 0.3) is 0 Å². The molecule has 0 saturated carbocycles. The number of benzene rings is 1. The second kappa shape index (κ2) is 5.82. The Balaban J connectivity index is 2.39.